The molecule has 0 heterocycles. The second kappa shape index (κ2) is 6.65. The summed E-state index contributed by atoms with van der Waals surface area (Å²) >= 11 is 3.36. The Kier molecular flexibility index (Phi) is 5.47. The van der Waals surface area contributed by atoms with Gasteiger partial charge in [0.25, 0.3) is 5.69 Å². The molecule has 0 saturated carbocycles. The van der Waals surface area contributed by atoms with E-state index >= 15 is 0 Å². The molecule has 0 aliphatic carbocycles. The summed E-state index contributed by atoms with van der Waals surface area (Å²) in [5.74, 6) is 0.168. The van der Waals surface area contributed by atoms with Crippen molar-refractivity contribution in [3.05, 3.63) is 39.9 Å². The van der Waals surface area contributed by atoms with Gasteiger partial charge in [-0.25, -0.2) is 0 Å². The Morgan fingerprint density at radius 3 is 2.63 bits per heavy atom. The number of nitro benzene ring substituents is 1. The lowest BCUT2D eigenvalue weighted by Crippen LogP contribution is -2.35. The second-order valence-electron chi connectivity index (χ2n) is 4.77. The summed E-state index contributed by atoms with van der Waals surface area (Å²) in [5.41, 5.74) is 0.783. The Balaban J connectivity index is 2.76. The van der Waals surface area contributed by atoms with Gasteiger partial charge in [0.05, 0.1) is 9.75 Å². The van der Waals surface area contributed by atoms with Crippen molar-refractivity contribution in [2.45, 2.75) is 25.2 Å². The van der Waals surface area contributed by atoms with Crippen LogP contribution in [0.1, 0.15) is 19.4 Å². The van der Waals surface area contributed by atoms with Crippen LogP contribution in [0.4, 0.5) is 5.69 Å². The third-order valence-electron chi connectivity index (χ3n) is 2.74. The SMILES string of the molecule is CC(C)C(Br)C(=O)N(C)Cc1cccc([N+](=O)[O-])c1. The van der Waals surface area contributed by atoms with Crippen LogP contribution in [0, 0.1) is 16.0 Å². The molecular formula is C13H17BrN2O3. The summed E-state index contributed by atoms with van der Waals surface area (Å²) in [6.07, 6.45) is 0. The van der Waals surface area contributed by atoms with Crippen molar-refractivity contribution in [2.75, 3.05) is 7.05 Å². The molecular weight excluding hydrogens is 312 g/mol. The van der Waals surface area contributed by atoms with Gasteiger partial charge in [0.2, 0.25) is 5.91 Å². The van der Waals surface area contributed by atoms with E-state index < -0.39 is 4.92 Å². The predicted octanol–water partition coefficient (Wildman–Crippen LogP) is 2.97. The topological polar surface area (TPSA) is 63.5 Å². The Hall–Kier alpha value is -1.43. The van der Waals surface area contributed by atoms with E-state index in [1.54, 1.807) is 24.1 Å². The van der Waals surface area contributed by atoms with Gasteiger partial charge in [-0.1, -0.05) is 41.9 Å². The summed E-state index contributed by atoms with van der Waals surface area (Å²) in [6.45, 7) is 4.27. The van der Waals surface area contributed by atoms with E-state index in [2.05, 4.69) is 15.9 Å². The van der Waals surface area contributed by atoms with Crippen LogP contribution >= 0.6 is 15.9 Å². The maximum Gasteiger partial charge on any atom is 0.269 e. The molecule has 1 atom stereocenters. The number of amides is 1. The van der Waals surface area contributed by atoms with Gasteiger partial charge < -0.3 is 4.90 Å². The maximum absolute atomic E-state index is 12.1. The molecule has 1 aromatic carbocycles. The van der Waals surface area contributed by atoms with Gasteiger partial charge in [0.15, 0.2) is 0 Å². The van der Waals surface area contributed by atoms with Crippen molar-refractivity contribution in [3.8, 4) is 0 Å². The van der Waals surface area contributed by atoms with Gasteiger partial charge in [-0.15, -0.1) is 0 Å². The van der Waals surface area contributed by atoms with Crippen LogP contribution in [-0.4, -0.2) is 27.6 Å². The minimum absolute atomic E-state index is 0.0264. The first-order chi connectivity index (χ1) is 8.82. The highest BCUT2D eigenvalue weighted by Gasteiger charge is 2.22. The Labute approximate surface area is 120 Å². The number of non-ortho nitro benzene ring substituents is 1. The van der Waals surface area contributed by atoms with E-state index in [4.69, 9.17) is 0 Å². The first-order valence-electron chi connectivity index (χ1n) is 5.95. The van der Waals surface area contributed by atoms with Gasteiger partial charge in [-0.2, -0.15) is 0 Å². The molecule has 1 unspecified atom stereocenters. The monoisotopic (exact) mass is 328 g/mol. The fraction of sp³-hybridized carbons (Fsp3) is 0.462. The largest absolute Gasteiger partial charge is 0.340 e. The Bertz CT molecular complexity index is 477. The van der Waals surface area contributed by atoms with Crippen LogP contribution in [-0.2, 0) is 11.3 Å². The Morgan fingerprint density at radius 1 is 1.47 bits per heavy atom. The fourth-order valence-corrected chi connectivity index (χ4v) is 1.97. The van der Waals surface area contributed by atoms with Crippen molar-refractivity contribution in [1.29, 1.82) is 0 Å². The maximum atomic E-state index is 12.1. The molecule has 0 aliphatic rings. The fourth-order valence-electron chi connectivity index (χ4n) is 1.62. The third kappa shape index (κ3) is 4.31. The molecule has 0 spiro atoms. The number of nitro groups is 1. The molecule has 0 N–H and O–H groups in total. The average molecular weight is 329 g/mol. The molecule has 5 nitrogen and oxygen atoms in total. The number of hydrogen-bond acceptors (Lipinski definition) is 3. The molecule has 0 fully saturated rings. The number of carbonyl (C=O) groups excluding carboxylic acids is 1. The lowest BCUT2D eigenvalue weighted by atomic mass is 10.1. The van der Waals surface area contributed by atoms with E-state index in [1.165, 1.54) is 12.1 Å². The molecule has 6 heteroatoms. The molecule has 0 bridgehead atoms. The van der Waals surface area contributed by atoms with Crippen LogP contribution in [0.15, 0.2) is 24.3 Å². The van der Waals surface area contributed by atoms with Gasteiger partial charge in [0, 0.05) is 25.7 Å². The van der Waals surface area contributed by atoms with Crippen molar-refractivity contribution >= 4 is 27.5 Å². The van der Waals surface area contributed by atoms with Crippen LogP contribution in [0.3, 0.4) is 0 Å². The summed E-state index contributed by atoms with van der Waals surface area (Å²) in [6, 6.07) is 6.32. The quantitative estimate of drug-likeness (QED) is 0.474. The van der Waals surface area contributed by atoms with Crippen LogP contribution in [0.2, 0.25) is 0 Å². The number of halogens is 1. The number of alkyl halides is 1. The molecule has 0 aliphatic heterocycles. The standard InChI is InChI=1S/C13H17BrN2O3/c1-9(2)12(14)13(17)15(3)8-10-5-4-6-11(7-10)16(18)19/h4-7,9,12H,8H2,1-3H3. The van der Waals surface area contributed by atoms with E-state index in [9.17, 15) is 14.9 Å². The summed E-state index contributed by atoms with van der Waals surface area (Å²) in [4.78, 5) is 23.6. The second-order valence-corrected chi connectivity index (χ2v) is 5.75. The highest BCUT2D eigenvalue weighted by Crippen LogP contribution is 2.18. The molecule has 1 amide bonds. The lowest BCUT2D eigenvalue weighted by Gasteiger charge is -2.22. The highest BCUT2D eigenvalue weighted by atomic mass is 79.9. The zero-order chi connectivity index (χ0) is 14.6. The van der Waals surface area contributed by atoms with Gasteiger partial charge in [0.1, 0.15) is 0 Å². The average Bonchev–Trinajstić information content (AvgIpc) is 2.37. The Morgan fingerprint density at radius 2 is 2.11 bits per heavy atom. The van der Waals surface area contributed by atoms with Gasteiger partial charge >= 0.3 is 0 Å². The molecule has 0 radical (unpaired) electrons. The van der Waals surface area contributed by atoms with E-state index in [-0.39, 0.29) is 22.3 Å². The van der Waals surface area contributed by atoms with Gasteiger partial charge in [-0.3, -0.25) is 14.9 Å². The summed E-state index contributed by atoms with van der Waals surface area (Å²) in [5, 5.41) is 10.7. The number of hydrogen-bond donors (Lipinski definition) is 0. The van der Waals surface area contributed by atoms with Crippen LogP contribution < -0.4 is 0 Å². The smallest absolute Gasteiger partial charge is 0.269 e. The van der Waals surface area contributed by atoms with Crippen LogP contribution in [0.5, 0.6) is 0 Å². The van der Waals surface area contributed by atoms with Crippen molar-refractivity contribution < 1.29 is 9.72 Å². The zero-order valence-electron chi connectivity index (χ0n) is 11.2. The van der Waals surface area contributed by atoms with Crippen molar-refractivity contribution in [2.24, 2.45) is 5.92 Å². The van der Waals surface area contributed by atoms with E-state index in [0.29, 0.717) is 6.54 Å². The first-order valence-corrected chi connectivity index (χ1v) is 6.87. The third-order valence-corrected chi connectivity index (χ3v) is 4.19. The van der Waals surface area contributed by atoms with Gasteiger partial charge in [-0.05, 0) is 11.5 Å². The molecule has 1 aromatic rings. The zero-order valence-corrected chi connectivity index (χ0v) is 12.8. The number of nitrogens with zero attached hydrogens (tertiary/aromatic N) is 2. The molecule has 0 aromatic heterocycles. The van der Waals surface area contributed by atoms with E-state index in [0.717, 1.165) is 5.56 Å². The van der Waals surface area contributed by atoms with E-state index in [1.807, 2.05) is 13.8 Å². The number of rotatable bonds is 5. The van der Waals surface area contributed by atoms with Crippen molar-refractivity contribution in [3.63, 3.8) is 0 Å². The molecule has 19 heavy (non-hydrogen) atoms. The normalized spacial score (nSPS) is 12.3. The lowest BCUT2D eigenvalue weighted by molar-refractivity contribution is -0.384. The minimum atomic E-state index is -0.438. The minimum Gasteiger partial charge on any atom is -0.340 e. The van der Waals surface area contributed by atoms with Crippen molar-refractivity contribution in [1.82, 2.24) is 4.90 Å². The highest BCUT2D eigenvalue weighted by molar-refractivity contribution is 9.10. The summed E-state index contributed by atoms with van der Waals surface area (Å²) < 4.78 is 0. The number of benzene rings is 1. The molecule has 0 saturated heterocycles. The van der Waals surface area contributed by atoms with Crippen LogP contribution in [0.25, 0.3) is 0 Å². The predicted molar refractivity (Wildman–Crippen MR) is 77.1 cm³/mol. The molecule has 104 valence electrons. The molecule has 1 rings (SSSR count). The summed E-state index contributed by atoms with van der Waals surface area (Å²) in [7, 11) is 1.69. The number of carbonyl (C=O) groups is 1. The first kappa shape index (κ1) is 15.6.